The predicted octanol–water partition coefficient (Wildman–Crippen LogP) is 2.80. The van der Waals surface area contributed by atoms with Crippen LogP contribution >= 0.6 is 34.9 Å². The molecule has 7 heteroatoms. The quantitative estimate of drug-likeness (QED) is 0.652. The maximum atomic E-state index is 7.38. The van der Waals surface area contributed by atoms with Crippen LogP contribution in [0, 0.1) is 5.41 Å². The Balaban J connectivity index is 2.68. The van der Waals surface area contributed by atoms with Crippen LogP contribution in [0.1, 0.15) is 5.69 Å². The number of hydrogen-bond acceptors (Lipinski definition) is 4. The van der Waals surface area contributed by atoms with Crippen LogP contribution in [0.4, 0.5) is 0 Å². The number of nitrogens with zero attached hydrogens (tertiary/aromatic N) is 2. The molecule has 2 rings (SSSR count). The minimum absolute atomic E-state index is 0.153. The molecule has 0 unspecified atom stereocenters. The highest BCUT2D eigenvalue weighted by atomic mass is 35.5. The van der Waals surface area contributed by atoms with E-state index in [9.17, 15) is 0 Å². The number of nitrogens with one attached hydrogen (secondary N) is 1. The van der Waals surface area contributed by atoms with Crippen molar-refractivity contribution in [2.24, 2.45) is 5.73 Å². The Kier molecular flexibility index (Phi) is 3.09. The minimum Gasteiger partial charge on any atom is -0.382 e. The summed E-state index contributed by atoms with van der Waals surface area (Å²) in [7, 11) is 0. The second kappa shape index (κ2) is 4.37. The number of nitrogen functional groups attached to an aromatic ring is 1. The van der Waals surface area contributed by atoms with Crippen molar-refractivity contribution >= 4 is 40.8 Å². The largest absolute Gasteiger partial charge is 0.382 e. The number of aromatic nitrogens is 2. The van der Waals surface area contributed by atoms with Crippen LogP contribution in [0.3, 0.4) is 0 Å². The predicted molar refractivity (Wildman–Crippen MR) is 66.4 cm³/mol. The fourth-order valence-electron chi connectivity index (χ4n) is 1.25. The van der Waals surface area contributed by atoms with Gasteiger partial charge in [0.2, 0.25) is 0 Å². The number of hydrogen-bond donors (Lipinski definition) is 2. The molecule has 0 aliphatic heterocycles. The molecule has 4 nitrogen and oxygen atoms in total. The van der Waals surface area contributed by atoms with Gasteiger partial charge in [0, 0.05) is 5.56 Å². The summed E-state index contributed by atoms with van der Waals surface area (Å²) in [5.74, 6) is -0.153. The van der Waals surface area contributed by atoms with Gasteiger partial charge in [-0.3, -0.25) is 5.41 Å². The van der Waals surface area contributed by atoms with Crippen molar-refractivity contribution in [2.75, 3.05) is 0 Å². The van der Waals surface area contributed by atoms with Crippen LogP contribution in [0.2, 0.25) is 10.0 Å². The summed E-state index contributed by atoms with van der Waals surface area (Å²) in [6, 6.07) is 5.14. The van der Waals surface area contributed by atoms with E-state index in [1.54, 1.807) is 18.2 Å². The number of rotatable bonds is 2. The summed E-state index contributed by atoms with van der Waals surface area (Å²) >= 11 is 13.0. The van der Waals surface area contributed by atoms with E-state index in [0.717, 1.165) is 11.7 Å². The second-order valence-corrected chi connectivity index (χ2v) is 4.31. The van der Waals surface area contributed by atoms with Gasteiger partial charge in [-0.1, -0.05) is 29.3 Å². The normalized spacial score (nSPS) is 10.4. The van der Waals surface area contributed by atoms with E-state index >= 15 is 0 Å². The maximum Gasteiger partial charge on any atom is 0.146 e. The molecule has 0 saturated heterocycles. The van der Waals surface area contributed by atoms with Gasteiger partial charge in [-0.2, -0.15) is 8.75 Å². The lowest BCUT2D eigenvalue weighted by molar-refractivity contribution is 1.36. The lowest BCUT2D eigenvalue weighted by Crippen LogP contribution is -2.12. The second-order valence-electron chi connectivity index (χ2n) is 2.97. The molecule has 0 atom stereocenters. The van der Waals surface area contributed by atoms with Gasteiger partial charge < -0.3 is 5.73 Å². The third kappa shape index (κ3) is 1.89. The van der Waals surface area contributed by atoms with Gasteiger partial charge in [-0.05, 0) is 12.1 Å². The molecule has 2 aromatic rings. The van der Waals surface area contributed by atoms with E-state index in [2.05, 4.69) is 8.75 Å². The summed E-state index contributed by atoms with van der Waals surface area (Å²) in [5.41, 5.74) is 6.72. The molecule has 0 amide bonds. The third-order valence-corrected chi connectivity index (χ3v) is 3.10. The van der Waals surface area contributed by atoms with Crippen molar-refractivity contribution in [3.8, 4) is 11.3 Å². The first-order valence-electron chi connectivity index (χ1n) is 4.22. The van der Waals surface area contributed by atoms with Gasteiger partial charge in [0.15, 0.2) is 0 Å². The molecule has 0 aliphatic rings. The monoisotopic (exact) mass is 272 g/mol. The Morgan fingerprint density at radius 1 is 1.25 bits per heavy atom. The van der Waals surface area contributed by atoms with E-state index in [4.69, 9.17) is 34.3 Å². The Bertz CT molecular complexity index is 532. The van der Waals surface area contributed by atoms with E-state index in [1.165, 1.54) is 0 Å². The lowest BCUT2D eigenvalue weighted by Gasteiger charge is -2.04. The smallest absolute Gasteiger partial charge is 0.146 e. The summed E-state index contributed by atoms with van der Waals surface area (Å²) in [5, 5.41) is 8.30. The highest BCUT2D eigenvalue weighted by Crippen LogP contribution is 2.35. The molecule has 0 fully saturated rings. The van der Waals surface area contributed by atoms with Gasteiger partial charge in [-0.25, -0.2) is 0 Å². The molecule has 0 spiro atoms. The first-order chi connectivity index (χ1) is 7.61. The van der Waals surface area contributed by atoms with Gasteiger partial charge in [0.05, 0.1) is 21.8 Å². The molecule has 1 heterocycles. The van der Waals surface area contributed by atoms with E-state index < -0.39 is 0 Å². The summed E-state index contributed by atoms with van der Waals surface area (Å²) < 4.78 is 8.01. The van der Waals surface area contributed by atoms with Gasteiger partial charge >= 0.3 is 0 Å². The Labute approximate surface area is 106 Å². The molecule has 0 radical (unpaired) electrons. The first kappa shape index (κ1) is 11.3. The van der Waals surface area contributed by atoms with Crippen molar-refractivity contribution in [1.29, 1.82) is 5.41 Å². The molecule has 16 heavy (non-hydrogen) atoms. The summed E-state index contributed by atoms with van der Waals surface area (Å²) in [4.78, 5) is 0. The van der Waals surface area contributed by atoms with E-state index in [0.29, 0.717) is 27.0 Å². The number of amidine groups is 1. The van der Waals surface area contributed by atoms with Crippen molar-refractivity contribution in [2.45, 2.75) is 0 Å². The molecule has 0 bridgehead atoms. The molecule has 82 valence electrons. The summed E-state index contributed by atoms with van der Waals surface area (Å²) in [6.45, 7) is 0. The van der Waals surface area contributed by atoms with Crippen LogP contribution < -0.4 is 5.73 Å². The topological polar surface area (TPSA) is 75.7 Å². The average molecular weight is 273 g/mol. The van der Waals surface area contributed by atoms with Gasteiger partial charge in [0.25, 0.3) is 0 Å². The van der Waals surface area contributed by atoms with Crippen molar-refractivity contribution < 1.29 is 0 Å². The Morgan fingerprint density at radius 3 is 2.44 bits per heavy atom. The fraction of sp³-hybridized carbons (Fsp3) is 0. The Morgan fingerprint density at radius 2 is 1.88 bits per heavy atom. The van der Waals surface area contributed by atoms with Crippen molar-refractivity contribution in [3.05, 3.63) is 33.9 Å². The standard InChI is InChI=1S/C9H6Cl2N4S/c10-4-2-1-3-5(11)6(4)7-8(9(12)13)15-16-14-7/h1-3H,(H3,12,13). The molecule has 0 aliphatic carbocycles. The van der Waals surface area contributed by atoms with Gasteiger partial charge in [0.1, 0.15) is 17.2 Å². The lowest BCUT2D eigenvalue weighted by atomic mass is 10.1. The molecule has 1 aromatic carbocycles. The van der Waals surface area contributed by atoms with Gasteiger partial charge in [-0.15, -0.1) is 0 Å². The number of halogens is 2. The number of nitrogens with two attached hydrogens (primary N) is 1. The van der Waals surface area contributed by atoms with Crippen molar-refractivity contribution in [1.82, 2.24) is 8.75 Å². The van der Waals surface area contributed by atoms with Crippen LogP contribution in [0.5, 0.6) is 0 Å². The van der Waals surface area contributed by atoms with Crippen LogP contribution in [-0.2, 0) is 0 Å². The minimum atomic E-state index is -0.153. The van der Waals surface area contributed by atoms with E-state index in [-0.39, 0.29) is 5.84 Å². The third-order valence-electron chi connectivity index (χ3n) is 1.94. The Hall–Kier alpha value is -1.17. The molecule has 3 N–H and O–H groups in total. The molecular weight excluding hydrogens is 267 g/mol. The SMILES string of the molecule is N=C(N)c1nsnc1-c1c(Cl)cccc1Cl. The summed E-state index contributed by atoms with van der Waals surface area (Å²) in [6.07, 6.45) is 0. The van der Waals surface area contributed by atoms with Crippen LogP contribution in [-0.4, -0.2) is 14.6 Å². The zero-order valence-corrected chi connectivity index (χ0v) is 10.2. The molecule has 1 aromatic heterocycles. The average Bonchev–Trinajstić information content (AvgIpc) is 2.66. The highest BCUT2D eigenvalue weighted by Gasteiger charge is 2.18. The van der Waals surface area contributed by atoms with Crippen molar-refractivity contribution in [3.63, 3.8) is 0 Å². The molecule has 0 saturated carbocycles. The fourth-order valence-corrected chi connectivity index (χ4v) is 2.40. The zero-order chi connectivity index (χ0) is 11.7. The number of benzene rings is 1. The van der Waals surface area contributed by atoms with E-state index in [1.807, 2.05) is 0 Å². The molecular formula is C9H6Cl2N4S. The maximum absolute atomic E-state index is 7.38. The first-order valence-corrected chi connectivity index (χ1v) is 5.71. The highest BCUT2D eigenvalue weighted by molar-refractivity contribution is 6.99. The zero-order valence-electron chi connectivity index (χ0n) is 7.87. The van der Waals surface area contributed by atoms with Crippen LogP contribution in [0.25, 0.3) is 11.3 Å². The van der Waals surface area contributed by atoms with Crippen LogP contribution in [0.15, 0.2) is 18.2 Å².